The van der Waals surface area contributed by atoms with Crippen LogP contribution in [0.1, 0.15) is 23.5 Å². The molecule has 34 heavy (non-hydrogen) atoms. The van der Waals surface area contributed by atoms with E-state index in [2.05, 4.69) is 15.3 Å². The second-order valence-corrected chi connectivity index (χ2v) is 9.25. The fourth-order valence-electron chi connectivity index (χ4n) is 3.89. The summed E-state index contributed by atoms with van der Waals surface area (Å²) in [5.41, 5.74) is -0.366. The molecule has 12 heteroatoms. The molecule has 1 aromatic carbocycles. The van der Waals surface area contributed by atoms with Gasteiger partial charge in [-0.3, -0.25) is 14.7 Å². The van der Waals surface area contributed by atoms with Gasteiger partial charge in [-0.25, -0.2) is 14.2 Å². The van der Waals surface area contributed by atoms with Crippen LogP contribution in [0.25, 0.3) is 0 Å². The van der Waals surface area contributed by atoms with Crippen molar-refractivity contribution in [2.24, 2.45) is 4.99 Å². The number of aromatic nitrogens is 1. The van der Waals surface area contributed by atoms with Gasteiger partial charge in [-0.05, 0) is 19.1 Å². The van der Waals surface area contributed by atoms with Crippen LogP contribution in [0.4, 0.5) is 4.39 Å². The normalized spacial score (nSPS) is 23.3. The average molecular weight is 509 g/mol. The number of carbonyl (C=O) groups is 2. The second-order valence-electron chi connectivity index (χ2n) is 7.95. The minimum atomic E-state index is -1.31. The Bertz CT molecular complexity index is 1170. The fraction of sp³-hybridized carbons (Fsp3) is 0.364. The lowest BCUT2D eigenvalue weighted by Crippen LogP contribution is -2.61. The number of nitrogens with one attached hydrogen (secondary N) is 1. The summed E-state index contributed by atoms with van der Waals surface area (Å²) in [6.07, 6.45) is 1.62. The molecule has 0 radical (unpaired) electrons. The molecule has 0 amide bonds. The molecule has 3 heterocycles. The highest BCUT2D eigenvalue weighted by molar-refractivity contribution is 7.11. The summed E-state index contributed by atoms with van der Waals surface area (Å²) in [4.78, 5) is 35.8. The molecule has 2 atom stereocenters. The minimum Gasteiger partial charge on any atom is -0.480 e. The van der Waals surface area contributed by atoms with Crippen LogP contribution >= 0.6 is 22.9 Å². The van der Waals surface area contributed by atoms with E-state index in [1.807, 2.05) is 0 Å². The maximum atomic E-state index is 13.8. The van der Waals surface area contributed by atoms with Gasteiger partial charge in [0.1, 0.15) is 17.4 Å². The first kappa shape index (κ1) is 24.3. The molecule has 1 aromatic heterocycles. The van der Waals surface area contributed by atoms with E-state index in [9.17, 15) is 19.1 Å². The zero-order valence-electron chi connectivity index (χ0n) is 18.4. The van der Waals surface area contributed by atoms with Crippen molar-refractivity contribution in [3.63, 3.8) is 0 Å². The van der Waals surface area contributed by atoms with Crippen LogP contribution in [0.3, 0.4) is 0 Å². The SMILES string of the molecule is COC(=O)C1=C(CN2CCOC[C@@]2(C)C(=O)O)NC(c2nccs2)=N[C@H]1c1ccc(F)cc1Cl. The van der Waals surface area contributed by atoms with Crippen LogP contribution in [-0.2, 0) is 19.1 Å². The molecule has 0 saturated carbocycles. The first-order valence-corrected chi connectivity index (χ1v) is 11.6. The zero-order valence-corrected chi connectivity index (χ0v) is 20.0. The van der Waals surface area contributed by atoms with Gasteiger partial charge in [0.2, 0.25) is 0 Å². The lowest BCUT2D eigenvalue weighted by atomic mass is 9.93. The van der Waals surface area contributed by atoms with E-state index in [1.165, 1.54) is 30.6 Å². The highest BCUT2D eigenvalue weighted by Gasteiger charge is 2.44. The molecule has 9 nitrogen and oxygen atoms in total. The average Bonchev–Trinajstić information content (AvgIpc) is 3.35. The maximum Gasteiger partial charge on any atom is 0.338 e. The van der Waals surface area contributed by atoms with Crippen molar-refractivity contribution in [2.75, 3.05) is 33.4 Å². The third-order valence-electron chi connectivity index (χ3n) is 5.82. The molecular weight excluding hydrogens is 487 g/mol. The molecule has 0 bridgehead atoms. The van der Waals surface area contributed by atoms with E-state index in [4.69, 9.17) is 21.1 Å². The summed E-state index contributed by atoms with van der Waals surface area (Å²) in [5, 5.41) is 15.5. The third kappa shape index (κ3) is 4.56. The number of aliphatic imine (C=N–C) groups is 1. The fourth-order valence-corrected chi connectivity index (χ4v) is 4.75. The summed E-state index contributed by atoms with van der Waals surface area (Å²) in [5.74, 6) is -1.86. The molecule has 0 spiro atoms. The molecular formula is C22H22ClFN4O5S. The molecule has 4 rings (SSSR count). The molecule has 2 aliphatic heterocycles. The molecule has 0 unspecified atom stereocenters. The van der Waals surface area contributed by atoms with Gasteiger partial charge in [-0.1, -0.05) is 17.7 Å². The Morgan fingerprint density at radius 3 is 2.91 bits per heavy atom. The van der Waals surface area contributed by atoms with Crippen LogP contribution in [0.2, 0.25) is 5.02 Å². The number of halogens is 2. The molecule has 1 fully saturated rings. The largest absolute Gasteiger partial charge is 0.480 e. The molecule has 2 N–H and O–H groups in total. The van der Waals surface area contributed by atoms with Crippen LogP contribution in [0, 0.1) is 5.82 Å². The van der Waals surface area contributed by atoms with E-state index in [1.54, 1.807) is 23.4 Å². The number of morpholine rings is 1. The molecule has 2 aliphatic rings. The number of benzene rings is 1. The van der Waals surface area contributed by atoms with Gasteiger partial charge in [0.25, 0.3) is 0 Å². The Morgan fingerprint density at radius 2 is 2.26 bits per heavy atom. The van der Waals surface area contributed by atoms with Crippen molar-refractivity contribution in [3.05, 3.63) is 62.5 Å². The Morgan fingerprint density at radius 1 is 1.47 bits per heavy atom. The molecule has 180 valence electrons. The summed E-state index contributed by atoms with van der Waals surface area (Å²) < 4.78 is 24.2. The number of esters is 1. The van der Waals surface area contributed by atoms with Gasteiger partial charge < -0.3 is 19.9 Å². The van der Waals surface area contributed by atoms with Crippen LogP contribution in [-0.4, -0.2) is 71.7 Å². The van der Waals surface area contributed by atoms with Gasteiger partial charge in [0, 0.05) is 40.9 Å². The Hall–Kier alpha value is -2.86. The van der Waals surface area contributed by atoms with Gasteiger partial charge in [-0.15, -0.1) is 11.3 Å². The number of aliphatic carboxylic acids is 1. The number of nitrogens with zero attached hydrogens (tertiary/aromatic N) is 3. The lowest BCUT2D eigenvalue weighted by molar-refractivity contribution is -0.161. The monoisotopic (exact) mass is 508 g/mol. The summed E-state index contributed by atoms with van der Waals surface area (Å²) in [6, 6.07) is 2.93. The van der Waals surface area contributed by atoms with Gasteiger partial charge in [0.05, 0.1) is 25.9 Å². The van der Waals surface area contributed by atoms with Crippen molar-refractivity contribution >= 4 is 40.7 Å². The number of rotatable bonds is 6. The predicted molar refractivity (Wildman–Crippen MR) is 123 cm³/mol. The number of carbonyl (C=O) groups excluding carboxylic acids is 1. The summed E-state index contributed by atoms with van der Waals surface area (Å²) in [7, 11) is 1.24. The lowest BCUT2D eigenvalue weighted by Gasteiger charge is -2.42. The van der Waals surface area contributed by atoms with Gasteiger partial charge >= 0.3 is 11.9 Å². The van der Waals surface area contributed by atoms with E-state index >= 15 is 0 Å². The highest BCUT2D eigenvalue weighted by Crippen LogP contribution is 2.37. The van der Waals surface area contributed by atoms with Gasteiger partial charge in [-0.2, -0.15) is 0 Å². The van der Waals surface area contributed by atoms with Crippen molar-refractivity contribution in [3.8, 4) is 0 Å². The van der Waals surface area contributed by atoms with Gasteiger partial charge in [0.15, 0.2) is 10.8 Å². The van der Waals surface area contributed by atoms with Crippen molar-refractivity contribution in [1.29, 1.82) is 0 Å². The zero-order chi connectivity index (χ0) is 24.5. The first-order valence-electron chi connectivity index (χ1n) is 10.3. The second kappa shape index (κ2) is 9.79. The minimum absolute atomic E-state index is 0.0101. The first-order chi connectivity index (χ1) is 16.2. The van der Waals surface area contributed by atoms with Crippen molar-refractivity contribution in [1.82, 2.24) is 15.2 Å². The molecule has 2 aromatic rings. The number of ether oxygens (including phenoxy) is 2. The Labute approximate surface area is 203 Å². The number of carboxylic acids is 1. The smallest absolute Gasteiger partial charge is 0.338 e. The standard InChI is InChI=1S/C22H22ClFN4O5S/c1-22(21(30)31)11-33-7-6-28(22)10-15-16(20(29)32-2)17(13-4-3-12(24)9-14(13)23)27-18(26-15)19-25-5-8-34-19/h3-5,8-9,17H,6-7,10-11H2,1-2H3,(H,26,27)(H,30,31)/t17-,22-/m0/s1. The van der Waals surface area contributed by atoms with Crippen LogP contribution < -0.4 is 5.32 Å². The van der Waals surface area contributed by atoms with E-state index in [-0.39, 0.29) is 23.7 Å². The summed E-state index contributed by atoms with van der Waals surface area (Å²) in [6.45, 7) is 2.29. The topological polar surface area (TPSA) is 113 Å². The van der Waals surface area contributed by atoms with Crippen LogP contribution in [0.15, 0.2) is 46.0 Å². The van der Waals surface area contributed by atoms with E-state index < -0.39 is 29.3 Å². The Kier molecular flexibility index (Phi) is 6.99. The molecule has 0 aliphatic carbocycles. The number of thiazole rings is 1. The van der Waals surface area contributed by atoms with Crippen molar-refractivity contribution in [2.45, 2.75) is 18.5 Å². The van der Waals surface area contributed by atoms with E-state index in [0.717, 1.165) is 6.07 Å². The van der Waals surface area contributed by atoms with Crippen LogP contribution in [0.5, 0.6) is 0 Å². The molecule has 1 saturated heterocycles. The Balaban J connectivity index is 1.85. The maximum absolute atomic E-state index is 13.8. The van der Waals surface area contributed by atoms with Crippen molar-refractivity contribution < 1.29 is 28.6 Å². The van der Waals surface area contributed by atoms with E-state index in [0.29, 0.717) is 35.3 Å². The highest BCUT2D eigenvalue weighted by atomic mass is 35.5. The summed E-state index contributed by atoms with van der Waals surface area (Å²) >= 11 is 7.69. The number of hydrogen-bond acceptors (Lipinski definition) is 9. The predicted octanol–water partition coefficient (Wildman–Crippen LogP) is 2.63. The quantitative estimate of drug-likeness (QED) is 0.572. The number of carboxylic acid groups (broad SMARTS) is 1. The number of hydrogen-bond donors (Lipinski definition) is 2. The number of methoxy groups -OCH3 is 1. The third-order valence-corrected chi connectivity index (χ3v) is 6.93. The number of amidine groups is 1.